The van der Waals surface area contributed by atoms with E-state index in [1.165, 1.54) is 0 Å². The minimum atomic E-state index is -1.21. The second kappa shape index (κ2) is 6.44. The molecule has 102 valence electrons. The van der Waals surface area contributed by atoms with E-state index in [2.05, 4.69) is 5.32 Å². The zero-order valence-electron chi connectivity index (χ0n) is 10.4. The molecule has 6 heteroatoms. The summed E-state index contributed by atoms with van der Waals surface area (Å²) in [5.41, 5.74) is 5.57. The topological polar surface area (TPSA) is 108 Å². The van der Waals surface area contributed by atoms with Crippen LogP contribution in [0.2, 0.25) is 0 Å². The Balaban J connectivity index is 2.99. The van der Waals surface area contributed by atoms with Crippen molar-refractivity contribution < 1.29 is 20.1 Å². The maximum absolute atomic E-state index is 9.25. The van der Waals surface area contributed by atoms with Gasteiger partial charge < -0.3 is 31.1 Å². The van der Waals surface area contributed by atoms with Gasteiger partial charge in [0.25, 0.3) is 0 Å². The van der Waals surface area contributed by atoms with Gasteiger partial charge in [0, 0.05) is 0 Å². The lowest BCUT2D eigenvalue weighted by Crippen LogP contribution is -2.49. The van der Waals surface area contributed by atoms with Crippen LogP contribution in [0.25, 0.3) is 0 Å². The van der Waals surface area contributed by atoms with Crippen molar-refractivity contribution in [2.75, 3.05) is 37.5 Å². The molecule has 6 N–H and O–H groups in total. The summed E-state index contributed by atoms with van der Waals surface area (Å²) in [5, 5.41) is 30.6. The molecule has 0 amide bonds. The first-order chi connectivity index (χ1) is 8.62. The molecule has 0 atom stereocenters. The second-order valence-corrected chi connectivity index (χ2v) is 4.03. The predicted octanol–water partition coefficient (Wildman–Crippen LogP) is -0.205. The summed E-state index contributed by atoms with van der Waals surface area (Å²) >= 11 is 0. The molecule has 1 rings (SSSR count). The van der Waals surface area contributed by atoms with Gasteiger partial charge in [0.1, 0.15) is 11.3 Å². The van der Waals surface area contributed by atoms with E-state index in [0.29, 0.717) is 23.7 Å². The van der Waals surface area contributed by atoms with E-state index in [-0.39, 0.29) is 0 Å². The summed E-state index contributed by atoms with van der Waals surface area (Å²) in [5.74, 6) is 0.519. The Morgan fingerprint density at radius 3 is 2.33 bits per heavy atom. The molecule has 0 aliphatic heterocycles. The SMILES string of the molecule is CCOc1cccc(NC(CO)(CO)CO)c1N. The van der Waals surface area contributed by atoms with Gasteiger partial charge in [-0.05, 0) is 19.1 Å². The fourth-order valence-corrected chi connectivity index (χ4v) is 1.49. The number of aliphatic hydroxyl groups excluding tert-OH is 3. The normalized spacial score (nSPS) is 11.3. The summed E-state index contributed by atoms with van der Waals surface area (Å²) < 4.78 is 5.34. The van der Waals surface area contributed by atoms with Crippen molar-refractivity contribution in [3.05, 3.63) is 18.2 Å². The van der Waals surface area contributed by atoms with Crippen molar-refractivity contribution in [1.29, 1.82) is 0 Å². The van der Waals surface area contributed by atoms with E-state index >= 15 is 0 Å². The molecule has 0 aliphatic rings. The highest BCUT2D eigenvalue weighted by atomic mass is 16.5. The zero-order chi connectivity index (χ0) is 13.6. The smallest absolute Gasteiger partial charge is 0.144 e. The quantitative estimate of drug-likeness (QED) is 0.432. The number of nitrogens with one attached hydrogen (secondary N) is 1. The van der Waals surface area contributed by atoms with Gasteiger partial charge in [-0.25, -0.2) is 0 Å². The van der Waals surface area contributed by atoms with E-state index in [1.54, 1.807) is 18.2 Å². The maximum atomic E-state index is 9.25. The third-order valence-electron chi connectivity index (χ3n) is 2.67. The molecular weight excluding hydrogens is 236 g/mol. The first-order valence-corrected chi connectivity index (χ1v) is 5.74. The lowest BCUT2D eigenvalue weighted by atomic mass is 10.0. The average Bonchev–Trinajstić information content (AvgIpc) is 2.41. The van der Waals surface area contributed by atoms with Crippen LogP contribution in [0.4, 0.5) is 11.4 Å². The van der Waals surface area contributed by atoms with Gasteiger partial charge in [0.2, 0.25) is 0 Å². The number of anilines is 2. The Kier molecular flexibility index (Phi) is 5.21. The van der Waals surface area contributed by atoms with Crippen LogP contribution >= 0.6 is 0 Å². The molecule has 0 spiro atoms. The van der Waals surface area contributed by atoms with Gasteiger partial charge in [-0.3, -0.25) is 0 Å². The molecule has 0 unspecified atom stereocenters. The van der Waals surface area contributed by atoms with Crippen molar-refractivity contribution in [3.63, 3.8) is 0 Å². The van der Waals surface area contributed by atoms with Crippen LogP contribution in [-0.4, -0.2) is 47.3 Å². The van der Waals surface area contributed by atoms with Crippen LogP contribution in [0, 0.1) is 0 Å². The number of nitrogens with two attached hydrogens (primary N) is 1. The number of nitrogen functional groups attached to an aromatic ring is 1. The minimum absolute atomic E-state index is 0.374. The molecule has 6 nitrogen and oxygen atoms in total. The molecular formula is C12H20N2O4. The number of hydrogen-bond donors (Lipinski definition) is 5. The summed E-state index contributed by atoms with van der Waals surface area (Å²) in [6.45, 7) is 1.08. The summed E-state index contributed by atoms with van der Waals surface area (Å²) in [6, 6.07) is 5.15. The molecule has 1 aromatic rings. The van der Waals surface area contributed by atoms with Crippen LogP contribution in [0.5, 0.6) is 5.75 Å². The highest BCUT2D eigenvalue weighted by molar-refractivity contribution is 5.73. The molecule has 0 fully saturated rings. The Morgan fingerprint density at radius 2 is 1.83 bits per heavy atom. The van der Waals surface area contributed by atoms with Crippen molar-refractivity contribution in [1.82, 2.24) is 0 Å². The van der Waals surface area contributed by atoms with Gasteiger partial charge in [-0.2, -0.15) is 0 Å². The molecule has 18 heavy (non-hydrogen) atoms. The third-order valence-corrected chi connectivity index (χ3v) is 2.67. The highest BCUT2D eigenvalue weighted by Crippen LogP contribution is 2.31. The molecule has 1 aromatic carbocycles. The van der Waals surface area contributed by atoms with E-state index < -0.39 is 25.4 Å². The number of hydrogen-bond acceptors (Lipinski definition) is 6. The number of para-hydroxylation sites is 1. The molecule has 0 radical (unpaired) electrons. The molecule has 0 heterocycles. The van der Waals surface area contributed by atoms with Gasteiger partial charge in [0.05, 0.1) is 37.8 Å². The number of aliphatic hydroxyl groups is 3. The Labute approximate surface area is 106 Å². The van der Waals surface area contributed by atoms with Gasteiger partial charge in [-0.1, -0.05) is 6.07 Å². The van der Waals surface area contributed by atoms with Crippen LogP contribution < -0.4 is 15.8 Å². The maximum Gasteiger partial charge on any atom is 0.144 e. The predicted molar refractivity (Wildman–Crippen MR) is 69.6 cm³/mol. The lowest BCUT2D eigenvalue weighted by molar-refractivity contribution is 0.0834. The summed E-state index contributed by atoms with van der Waals surface area (Å²) in [4.78, 5) is 0. The Morgan fingerprint density at radius 1 is 1.22 bits per heavy atom. The Bertz CT molecular complexity index is 372. The standard InChI is InChI=1S/C12H20N2O4/c1-2-18-10-5-3-4-9(11(10)13)14-12(6-15,7-16)8-17/h3-5,14-17H,2,6-8,13H2,1H3. The third kappa shape index (κ3) is 3.04. The average molecular weight is 256 g/mol. The first kappa shape index (κ1) is 14.6. The number of rotatable bonds is 7. The minimum Gasteiger partial charge on any atom is -0.492 e. The van der Waals surface area contributed by atoms with E-state index in [4.69, 9.17) is 10.5 Å². The van der Waals surface area contributed by atoms with Crippen molar-refractivity contribution in [3.8, 4) is 5.75 Å². The fourth-order valence-electron chi connectivity index (χ4n) is 1.49. The summed E-state index contributed by atoms with van der Waals surface area (Å²) in [6.07, 6.45) is 0. The molecule has 0 saturated carbocycles. The first-order valence-electron chi connectivity index (χ1n) is 5.74. The van der Waals surface area contributed by atoms with Crippen LogP contribution in [0.1, 0.15) is 6.92 Å². The van der Waals surface area contributed by atoms with Crippen molar-refractivity contribution in [2.45, 2.75) is 12.5 Å². The second-order valence-electron chi connectivity index (χ2n) is 4.03. The molecule has 0 aromatic heterocycles. The van der Waals surface area contributed by atoms with Gasteiger partial charge in [-0.15, -0.1) is 0 Å². The van der Waals surface area contributed by atoms with Gasteiger partial charge >= 0.3 is 0 Å². The largest absolute Gasteiger partial charge is 0.492 e. The van der Waals surface area contributed by atoms with Crippen molar-refractivity contribution in [2.24, 2.45) is 0 Å². The summed E-state index contributed by atoms with van der Waals surface area (Å²) in [7, 11) is 0. The molecule has 0 bridgehead atoms. The Hall–Kier alpha value is -1.50. The number of benzene rings is 1. The fraction of sp³-hybridized carbons (Fsp3) is 0.500. The van der Waals surface area contributed by atoms with Crippen LogP contribution in [-0.2, 0) is 0 Å². The lowest BCUT2D eigenvalue weighted by Gasteiger charge is -2.30. The molecule has 0 aliphatic carbocycles. The zero-order valence-corrected chi connectivity index (χ0v) is 10.4. The van der Waals surface area contributed by atoms with Gasteiger partial charge in [0.15, 0.2) is 0 Å². The molecule has 0 saturated heterocycles. The van der Waals surface area contributed by atoms with Crippen LogP contribution in [0.3, 0.4) is 0 Å². The number of ether oxygens (including phenoxy) is 1. The highest BCUT2D eigenvalue weighted by Gasteiger charge is 2.28. The van der Waals surface area contributed by atoms with E-state index in [9.17, 15) is 15.3 Å². The van der Waals surface area contributed by atoms with Crippen LogP contribution in [0.15, 0.2) is 18.2 Å². The van der Waals surface area contributed by atoms with E-state index in [0.717, 1.165) is 0 Å². The van der Waals surface area contributed by atoms with Crippen molar-refractivity contribution >= 4 is 11.4 Å². The van der Waals surface area contributed by atoms with E-state index in [1.807, 2.05) is 6.92 Å². The monoisotopic (exact) mass is 256 g/mol.